The summed E-state index contributed by atoms with van der Waals surface area (Å²) in [6.45, 7) is 5.79. The van der Waals surface area contributed by atoms with Gasteiger partial charge in [-0.15, -0.1) is 10.2 Å². The number of anilines is 1. The summed E-state index contributed by atoms with van der Waals surface area (Å²) in [4.78, 5) is 12.4. The second-order valence-electron chi connectivity index (χ2n) is 6.84. The molecule has 9 heteroatoms. The fourth-order valence-electron chi connectivity index (χ4n) is 2.93. The molecule has 0 fully saturated rings. The quantitative estimate of drug-likeness (QED) is 0.460. The summed E-state index contributed by atoms with van der Waals surface area (Å²) in [6, 6.07) is 10.9. The number of hydrogen-bond donors (Lipinski definition) is 1. The van der Waals surface area contributed by atoms with Crippen LogP contribution in [-0.2, 0) is 11.8 Å². The first kappa shape index (κ1) is 22.5. The fraction of sp³-hybridized carbons (Fsp3) is 0.286. The second-order valence-corrected chi connectivity index (χ2v) is 8.62. The number of thioether (sulfide) groups is 1. The van der Waals surface area contributed by atoms with Crippen molar-refractivity contribution in [2.45, 2.75) is 32.0 Å². The van der Waals surface area contributed by atoms with Crippen molar-refractivity contribution in [3.8, 4) is 5.75 Å². The number of carbonyl (C=O) groups is 1. The number of carbonyl (C=O) groups excluding carboxylic acids is 1. The van der Waals surface area contributed by atoms with Crippen molar-refractivity contribution >= 4 is 46.6 Å². The van der Waals surface area contributed by atoms with Gasteiger partial charge in [0.2, 0.25) is 5.91 Å². The van der Waals surface area contributed by atoms with Crippen LogP contribution in [0.25, 0.3) is 0 Å². The van der Waals surface area contributed by atoms with E-state index < -0.39 is 6.10 Å². The predicted octanol–water partition coefficient (Wildman–Crippen LogP) is 5.61. The van der Waals surface area contributed by atoms with E-state index in [1.165, 1.54) is 11.8 Å². The van der Waals surface area contributed by atoms with Gasteiger partial charge >= 0.3 is 0 Å². The number of para-hydroxylation sites is 1. The molecule has 3 aromatic rings. The molecular formula is C21H22Cl2N4O2S. The molecule has 3 rings (SSSR count). The maximum atomic E-state index is 12.4. The normalized spacial score (nSPS) is 11.9. The highest BCUT2D eigenvalue weighted by atomic mass is 35.5. The molecule has 1 unspecified atom stereocenters. The third-order valence-electron chi connectivity index (χ3n) is 4.51. The molecule has 6 nitrogen and oxygen atoms in total. The molecular weight excluding hydrogens is 443 g/mol. The van der Waals surface area contributed by atoms with Gasteiger partial charge in [-0.2, -0.15) is 0 Å². The summed E-state index contributed by atoms with van der Waals surface area (Å²) in [5.74, 6) is 1.21. The lowest BCUT2D eigenvalue weighted by molar-refractivity contribution is -0.113. The van der Waals surface area contributed by atoms with E-state index in [2.05, 4.69) is 15.5 Å². The number of benzene rings is 2. The fourth-order valence-corrected chi connectivity index (χ4v) is 3.98. The van der Waals surface area contributed by atoms with Crippen molar-refractivity contribution in [1.82, 2.24) is 14.8 Å². The Hall–Kier alpha value is -2.22. The van der Waals surface area contributed by atoms with Crippen LogP contribution in [-0.4, -0.2) is 26.4 Å². The Balaban J connectivity index is 1.63. The van der Waals surface area contributed by atoms with Crippen LogP contribution in [0.2, 0.25) is 10.0 Å². The van der Waals surface area contributed by atoms with E-state index in [-0.39, 0.29) is 11.7 Å². The van der Waals surface area contributed by atoms with Gasteiger partial charge in [-0.1, -0.05) is 53.2 Å². The molecule has 1 amide bonds. The summed E-state index contributed by atoms with van der Waals surface area (Å²) < 4.78 is 7.71. The summed E-state index contributed by atoms with van der Waals surface area (Å²) in [6.07, 6.45) is -0.406. The number of amides is 1. The van der Waals surface area contributed by atoms with Crippen LogP contribution < -0.4 is 10.1 Å². The first-order valence-electron chi connectivity index (χ1n) is 9.26. The third kappa shape index (κ3) is 5.28. The van der Waals surface area contributed by atoms with Gasteiger partial charge in [-0.3, -0.25) is 4.79 Å². The smallest absolute Gasteiger partial charge is 0.234 e. The molecule has 158 valence electrons. The van der Waals surface area contributed by atoms with E-state index in [1.807, 2.05) is 46.0 Å². The van der Waals surface area contributed by atoms with Crippen LogP contribution in [0.5, 0.6) is 5.75 Å². The Morgan fingerprint density at radius 1 is 1.20 bits per heavy atom. The Labute approximate surface area is 189 Å². The van der Waals surface area contributed by atoms with Crippen LogP contribution in [0, 0.1) is 13.8 Å². The molecule has 0 saturated carbocycles. The number of nitrogens with one attached hydrogen (secondary N) is 1. The van der Waals surface area contributed by atoms with E-state index in [0.717, 1.165) is 16.8 Å². The standard InChI is InChI=1S/C21H22Cl2N4O2S/c1-12-6-5-7-13(2)19(12)24-18(28)11-30-21-26-25-20(27(21)4)14(3)29-17-10-15(22)8-9-16(17)23/h5-10,14H,11H2,1-4H3,(H,24,28). The number of rotatable bonds is 7. The van der Waals surface area contributed by atoms with E-state index in [0.29, 0.717) is 26.8 Å². The highest BCUT2D eigenvalue weighted by molar-refractivity contribution is 7.99. The van der Waals surface area contributed by atoms with Crippen molar-refractivity contribution in [1.29, 1.82) is 0 Å². The largest absolute Gasteiger partial charge is 0.481 e. The molecule has 0 aliphatic carbocycles. The molecule has 0 aliphatic rings. The van der Waals surface area contributed by atoms with Gasteiger partial charge in [0.25, 0.3) is 0 Å². The second kappa shape index (κ2) is 9.73. The first-order valence-corrected chi connectivity index (χ1v) is 11.0. The number of halogens is 2. The molecule has 1 heterocycles. The number of hydrogen-bond acceptors (Lipinski definition) is 5. The average Bonchev–Trinajstić information content (AvgIpc) is 3.06. The average molecular weight is 465 g/mol. The monoisotopic (exact) mass is 464 g/mol. The van der Waals surface area contributed by atoms with Crippen LogP contribution in [0.1, 0.15) is 30.0 Å². The molecule has 0 radical (unpaired) electrons. The summed E-state index contributed by atoms with van der Waals surface area (Å²) in [7, 11) is 1.83. The van der Waals surface area contributed by atoms with Gasteiger partial charge < -0.3 is 14.6 Å². The molecule has 0 bridgehead atoms. The third-order valence-corrected chi connectivity index (χ3v) is 6.07. The van der Waals surface area contributed by atoms with Gasteiger partial charge in [0.05, 0.1) is 10.8 Å². The predicted molar refractivity (Wildman–Crippen MR) is 122 cm³/mol. The molecule has 0 spiro atoms. The number of nitrogens with zero attached hydrogens (tertiary/aromatic N) is 3. The van der Waals surface area contributed by atoms with E-state index in [1.54, 1.807) is 22.8 Å². The zero-order chi connectivity index (χ0) is 21.8. The van der Waals surface area contributed by atoms with Crippen LogP contribution in [0.3, 0.4) is 0 Å². The molecule has 2 aromatic carbocycles. The van der Waals surface area contributed by atoms with E-state index >= 15 is 0 Å². The summed E-state index contributed by atoms with van der Waals surface area (Å²) >= 11 is 13.5. The van der Waals surface area contributed by atoms with Crippen molar-refractivity contribution in [2.75, 3.05) is 11.1 Å². The molecule has 30 heavy (non-hydrogen) atoms. The Morgan fingerprint density at radius 2 is 1.90 bits per heavy atom. The van der Waals surface area contributed by atoms with Crippen molar-refractivity contribution in [2.24, 2.45) is 7.05 Å². The van der Waals surface area contributed by atoms with Crippen molar-refractivity contribution in [3.63, 3.8) is 0 Å². The highest BCUT2D eigenvalue weighted by Crippen LogP contribution is 2.31. The molecule has 1 atom stereocenters. The molecule has 0 saturated heterocycles. The molecule has 1 N–H and O–H groups in total. The van der Waals surface area contributed by atoms with Crippen LogP contribution in [0.15, 0.2) is 41.6 Å². The minimum Gasteiger partial charge on any atom is -0.481 e. The minimum atomic E-state index is -0.406. The van der Waals surface area contributed by atoms with Gasteiger partial charge in [0.15, 0.2) is 17.1 Å². The summed E-state index contributed by atoms with van der Waals surface area (Å²) in [5, 5.41) is 13.0. The number of ether oxygens (including phenoxy) is 1. The Morgan fingerprint density at radius 3 is 2.60 bits per heavy atom. The van der Waals surface area contributed by atoms with Crippen molar-refractivity contribution < 1.29 is 9.53 Å². The highest BCUT2D eigenvalue weighted by Gasteiger charge is 2.19. The van der Waals surface area contributed by atoms with Gasteiger partial charge in [-0.05, 0) is 44.0 Å². The molecule has 0 aliphatic heterocycles. The SMILES string of the molecule is Cc1cccc(C)c1NC(=O)CSc1nnc(C(C)Oc2cc(Cl)ccc2Cl)n1C. The minimum absolute atomic E-state index is 0.100. The van der Waals surface area contributed by atoms with Gasteiger partial charge in [-0.25, -0.2) is 0 Å². The Bertz CT molecular complexity index is 1050. The van der Waals surface area contributed by atoms with E-state index in [4.69, 9.17) is 27.9 Å². The lowest BCUT2D eigenvalue weighted by Gasteiger charge is -2.15. The maximum Gasteiger partial charge on any atom is 0.234 e. The summed E-state index contributed by atoms with van der Waals surface area (Å²) in [5.41, 5.74) is 2.90. The number of aromatic nitrogens is 3. The lowest BCUT2D eigenvalue weighted by atomic mass is 10.1. The van der Waals surface area contributed by atoms with Crippen molar-refractivity contribution in [3.05, 3.63) is 63.4 Å². The van der Waals surface area contributed by atoms with Gasteiger partial charge in [0, 0.05) is 23.8 Å². The first-order chi connectivity index (χ1) is 14.3. The number of aryl methyl sites for hydroxylation is 2. The van der Waals surface area contributed by atoms with Gasteiger partial charge in [0.1, 0.15) is 5.75 Å². The topological polar surface area (TPSA) is 69.0 Å². The zero-order valence-electron chi connectivity index (χ0n) is 17.1. The zero-order valence-corrected chi connectivity index (χ0v) is 19.4. The maximum absolute atomic E-state index is 12.4. The van der Waals surface area contributed by atoms with Crippen LogP contribution >= 0.6 is 35.0 Å². The Kier molecular flexibility index (Phi) is 7.28. The lowest BCUT2D eigenvalue weighted by Crippen LogP contribution is -2.16. The van der Waals surface area contributed by atoms with E-state index in [9.17, 15) is 4.79 Å². The molecule has 1 aromatic heterocycles. The van der Waals surface area contributed by atoms with Crippen LogP contribution in [0.4, 0.5) is 5.69 Å².